The maximum absolute atomic E-state index is 13.4. The van der Waals surface area contributed by atoms with Gasteiger partial charge < -0.3 is 0 Å². The molecule has 1 unspecified atom stereocenters. The molecule has 0 radical (unpaired) electrons. The van der Waals surface area contributed by atoms with Crippen LogP contribution in [-0.4, -0.2) is 27.8 Å². The van der Waals surface area contributed by atoms with Crippen LogP contribution in [-0.2, 0) is 6.54 Å². The lowest BCUT2D eigenvalue weighted by Gasteiger charge is -2.15. The molecule has 0 N–H and O–H groups in total. The first-order valence-electron chi connectivity index (χ1n) is 8.76. The number of hydrogen-bond acceptors (Lipinski definition) is 2. The fourth-order valence-electron chi connectivity index (χ4n) is 3.55. The third kappa shape index (κ3) is 3.64. The average molecular weight is 335 g/mol. The zero-order valence-corrected chi connectivity index (χ0v) is 14.4. The Kier molecular flexibility index (Phi) is 4.36. The minimum absolute atomic E-state index is 0.241. The van der Waals surface area contributed by atoms with E-state index in [4.69, 9.17) is 0 Å². The summed E-state index contributed by atoms with van der Waals surface area (Å²) < 4.78 is 15.1. The summed E-state index contributed by atoms with van der Waals surface area (Å²) >= 11 is 0. The van der Waals surface area contributed by atoms with E-state index in [1.165, 1.54) is 29.7 Å². The van der Waals surface area contributed by atoms with Crippen molar-refractivity contribution in [1.29, 1.82) is 0 Å². The molecule has 1 fully saturated rings. The summed E-state index contributed by atoms with van der Waals surface area (Å²) in [6, 6.07) is 15.4. The van der Waals surface area contributed by atoms with E-state index in [0.29, 0.717) is 5.92 Å². The molecule has 0 spiro atoms. The van der Waals surface area contributed by atoms with Crippen molar-refractivity contribution in [2.24, 2.45) is 0 Å². The van der Waals surface area contributed by atoms with E-state index >= 15 is 0 Å². The predicted molar refractivity (Wildman–Crippen MR) is 97.3 cm³/mol. The molecule has 3 aromatic rings. The topological polar surface area (TPSA) is 21.1 Å². The van der Waals surface area contributed by atoms with Crippen LogP contribution < -0.4 is 0 Å². The lowest BCUT2D eigenvalue weighted by atomic mass is 9.98. The van der Waals surface area contributed by atoms with Gasteiger partial charge in [0, 0.05) is 24.8 Å². The summed E-state index contributed by atoms with van der Waals surface area (Å²) in [4.78, 5) is 2.47. The predicted octanol–water partition coefficient (Wildman–Crippen LogP) is 4.31. The molecule has 1 aliphatic heterocycles. The van der Waals surface area contributed by atoms with Crippen molar-refractivity contribution in [3.05, 3.63) is 83.4 Å². The molecule has 1 atom stereocenters. The second-order valence-electron chi connectivity index (χ2n) is 6.90. The molecule has 4 heteroatoms. The number of aromatic nitrogens is 2. The number of aryl methyl sites for hydroxylation is 1. The maximum atomic E-state index is 13.4. The van der Waals surface area contributed by atoms with Crippen molar-refractivity contribution in [2.75, 3.05) is 13.1 Å². The van der Waals surface area contributed by atoms with Crippen LogP contribution in [0.25, 0.3) is 5.69 Å². The van der Waals surface area contributed by atoms with E-state index in [9.17, 15) is 4.39 Å². The van der Waals surface area contributed by atoms with E-state index in [1.54, 1.807) is 10.7 Å². The Balaban J connectivity index is 1.41. The number of likely N-dealkylation sites (tertiary alicyclic amines) is 1. The van der Waals surface area contributed by atoms with Crippen molar-refractivity contribution < 1.29 is 4.39 Å². The van der Waals surface area contributed by atoms with Gasteiger partial charge in [-0.3, -0.25) is 4.90 Å². The van der Waals surface area contributed by atoms with Gasteiger partial charge in [0.15, 0.2) is 0 Å². The highest BCUT2D eigenvalue weighted by Gasteiger charge is 2.24. The fourth-order valence-corrected chi connectivity index (χ4v) is 3.55. The summed E-state index contributed by atoms with van der Waals surface area (Å²) in [5, 5.41) is 4.38. The first kappa shape index (κ1) is 16.0. The van der Waals surface area contributed by atoms with Crippen molar-refractivity contribution in [2.45, 2.75) is 25.8 Å². The van der Waals surface area contributed by atoms with E-state index in [2.05, 4.69) is 41.2 Å². The number of nitrogens with zero attached hydrogens (tertiary/aromatic N) is 3. The zero-order chi connectivity index (χ0) is 17.2. The van der Waals surface area contributed by atoms with E-state index in [-0.39, 0.29) is 5.82 Å². The molecule has 1 aliphatic rings. The zero-order valence-electron chi connectivity index (χ0n) is 14.4. The average Bonchev–Trinajstić information content (AvgIpc) is 3.26. The molecule has 0 saturated carbocycles. The molecule has 4 rings (SSSR count). The van der Waals surface area contributed by atoms with Crippen LogP contribution in [0.15, 0.2) is 60.9 Å². The van der Waals surface area contributed by atoms with Crippen molar-refractivity contribution in [1.82, 2.24) is 14.7 Å². The van der Waals surface area contributed by atoms with E-state index in [0.717, 1.165) is 30.9 Å². The van der Waals surface area contributed by atoms with Gasteiger partial charge in [0.2, 0.25) is 0 Å². The molecule has 2 heterocycles. The first-order chi connectivity index (χ1) is 12.2. The van der Waals surface area contributed by atoms with Gasteiger partial charge in [0.05, 0.1) is 11.9 Å². The number of halogens is 1. The van der Waals surface area contributed by atoms with Gasteiger partial charge >= 0.3 is 0 Å². The quantitative estimate of drug-likeness (QED) is 0.708. The number of hydrogen-bond donors (Lipinski definition) is 0. The molecule has 1 saturated heterocycles. The summed E-state index contributed by atoms with van der Waals surface area (Å²) in [6.45, 7) is 5.19. The highest BCUT2D eigenvalue weighted by molar-refractivity contribution is 5.32. The van der Waals surface area contributed by atoms with Crippen molar-refractivity contribution in [3.8, 4) is 5.69 Å². The Labute approximate surface area is 147 Å². The molecule has 0 amide bonds. The minimum atomic E-state index is -0.241. The molecule has 2 aromatic carbocycles. The summed E-state index contributed by atoms with van der Waals surface area (Å²) in [7, 11) is 0. The van der Waals surface area contributed by atoms with E-state index in [1.807, 2.05) is 18.5 Å². The van der Waals surface area contributed by atoms with Crippen LogP contribution in [0.5, 0.6) is 0 Å². The largest absolute Gasteiger partial charge is 0.298 e. The third-order valence-corrected chi connectivity index (χ3v) is 4.94. The monoisotopic (exact) mass is 335 g/mol. The molecular weight excluding hydrogens is 313 g/mol. The Morgan fingerprint density at radius 1 is 1.16 bits per heavy atom. The summed E-state index contributed by atoms with van der Waals surface area (Å²) in [5.41, 5.74) is 4.66. The highest BCUT2D eigenvalue weighted by Crippen LogP contribution is 2.28. The summed E-state index contributed by atoms with van der Waals surface area (Å²) in [5.74, 6) is 0.369. The lowest BCUT2D eigenvalue weighted by Crippen LogP contribution is -2.19. The van der Waals surface area contributed by atoms with Gasteiger partial charge in [-0.15, -0.1) is 0 Å². The van der Waals surface area contributed by atoms with Gasteiger partial charge in [-0.05, 0) is 49.6 Å². The lowest BCUT2D eigenvalue weighted by molar-refractivity contribution is 0.327. The van der Waals surface area contributed by atoms with Crippen LogP contribution >= 0.6 is 0 Å². The molecule has 128 valence electrons. The molecular formula is C21H22FN3. The Bertz CT molecular complexity index is 854. The summed E-state index contributed by atoms with van der Waals surface area (Å²) in [6.07, 6.45) is 5.07. The van der Waals surface area contributed by atoms with Gasteiger partial charge in [-0.25, -0.2) is 9.07 Å². The standard InChI is InChI=1S/C21H22FN3/c1-16-5-7-18(8-6-16)19-9-10-24(15-19)13-17-12-23-25(14-17)21-4-2-3-20(22)11-21/h2-8,11-12,14,19H,9-10,13,15H2,1H3. The highest BCUT2D eigenvalue weighted by atomic mass is 19.1. The van der Waals surface area contributed by atoms with Crippen LogP contribution in [0.4, 0.5) is 4.39 Å². The van der Waals surface area contributed by atoms with Gasteiger partial charge in [0.25, 0.3) is 0 Å². The van der Waals surface area contributed by atoms with Crippen LogP contribution in [0.1, 0.15) is 29.0 Å². The minimum Gasteiger partial charge on any atom is -0.298 e. The molecule has 1 aromatic heterocycles. The third-order valence-electron chi connectivity index (χ3n) is 4.94. The van der Waals surface area contributed by atoms with Gasteiger partial charge in [-0.2, -0.15) is 5.10 Å². The normalized spacial score (nSPS) is 17.9. The SMILES string of the molecule is Cc1ccc(C2CCN(Cc3cnn(-c4cccc(F)c4)c3)C2)cc1. The molecule has 0 bridgehead atoms. The van der Waals surface area contributed by atoms with Crippen molar-refractivity contribution in [3.63, 3.8) is 0 Å². The number of rotatable bonds is 4. The maximum Gasteiger partial charge on any atom is 0.125 e. The Morgan fingerprint density at radius 2 is 2.00 bits per heavy atom. The second-order valence-corrected chi connectivity index (χ2v) is 6.90. The van der Waals surface area contributed by atoms with Gasteiger partial charge in [-0.1, -0.05) is 35.9 Å². The molecule has 25 heavy (non-hydrogen) atoms. The molecule has 0 aliphatic carbocycles. The van der Waals surface area contributed by atoms with Gasteiger partial charge in [0.1, 0.15) is 5.82 Å². The Morgan fingerprint density at radius 3 is 2.80 bits per heavy atom. The number of benzene rings is 2. The second kappa shape index (κ2) is 6.81. The first-order valence-corrected chi connectivity index (χ1v) is 8.76. The van der Waals surface area contributed by atoms with Crippen LogP contribution in [0.2, 0.25) is 0 Å². The smallest absolute Gasteiger partial charge is 0.125 e. The Hall–Kier alpha value is -2.46. The van der Waals surface area contributed by atoms with E-state index < -0.39 is 0 Å². The van der Waals surface area contributed by atoms with Crippen molar-refractivity contribution >= 4 is 0 Å². The fraction of sp³-hybridized carbons (Fsp3) is 0.286. The van der Waals surface area contributed by atoms with Crippen LogP contribution in [0, 0.1) is 12.7 Å². The van der Waals surface area contributed by atoms with Crippen LogP contribution in [0.3, 0.4) is 0 Å². The molecule has 3 nitrogen and oxygen atoms in total.